The van der Waals surface area contributed by atoms with Gasteiger partial charge in [0.25, 0.3) is 0 Å². The Morgan fingerprint density at radius 1 is 1.24 bits per heavy atom. The van der Waals surface area contributed by atoms with Gasteiger partial charge in [0.2, 0.25) is 0 Å². The topological polar surface area (TPSA) is 93.1 Å². The lowest BCUT2D eigenvalue weighted by atomic mass is 9.96. The van der Waals surface area contributed by atoms with Crippen LogP contribution < -0.4 is 0 Å². The van der Waals surface area contributed by atoms with E-state index in [2.05, 4.69) is 18.6 Å². The van der Waals surface area contributed by atoms with Crippen LogP contribution in [0.25, 0.3) is 0 Å². The molecule has 4 atom stereocenters. The van der Waals surface area contributed by atoms with Gasteiger partial charge in [-0.15, -0.1) is 11.8 Å². The fourth-order valence-electron chi connectivity index (χ4n) is 3.70. The second kappa shape index (κ2) is 17.0. The molecule has 6 nitrogen and oxygen atoms in total. The predicted molar refractivity (Wildman–Crippen MR) is 133 cm³/mol. The summed E-state index contributed by atoms with van der Waals surface area (Å²) in [7, 11) is 1.35. The predicted octanol–water partition coefficient (Wildman–Crippen LogP) is 5.30. The van der Waals surface area contributed by atoms with Gasteiger partial charge in [-0.25, -0.2) is 4.79 Å². The average Bonchev–Trinajstić information content (AvgIpc) is 3.06. The highest BCUT2D eigenvalue weighted by Gasteiger charge is 2.34. The molecule has 0 aromatic heterocycles. The lowest BCUT2D eigenvalue weighted by molar-refractivity contribution is -0.139. The first-order chi connectivity index (χ1) is 15.8. The van der Waals surface area contributed by atoms with Crippen molar-refractivity contribution in [2.75, 3.05) is 12.9 Å². The van der Waals surface area contributed by atoms with Crippen LogP contribution in [-0.4, -0.2) is 47.2 Å². The second-order valence-corrected chi connectivity index (χ2v) is 9.80. The van der Waals surface area contributed by atoms with Crippen molar-refractivity contribution in [3.8, 4) is 0 Å². The molecule has 0 heterocycles. The highest BCUT2D eigenvalue weighted by atomic mass is 32.2. The Kier molecular flexibility index (Phi) is 15.1. The van der Waals surface area contributed by atoms with Gasteiger partial charge in [-0.05, 0) is 37.4 Å². The van der Waals surface area contributed by atoms with Crippen molar-refractivity contribution < 1.29 is 29.3 Å². The number of aliphatic hydroxyl groups excluding tert-OH is 2. The van der Waals surface area contributed by atoms with Crippen molar-refractivity contribution in [1.29, 1.82) is 0 Å². The Morgan fingerprint density at radius 3 is 2.67 bits per heavy atom. The van der Waals surface area contributed by atoms with Crippen LogP contribution in [0.1, 0.15) is 78.6 Å². The molecule has 1 aliphatic rings. The van der Waals surface area contributed by atoms with Gasteiger partial charge in [0.1, 0.15) is 5.76 Å². The number of ether oxygens (including phenoxy) is 2. The van der Waals surface area contributed by atoms with Crippen LogP contribution in [0.5, 0.6) is 0 Å². The Labute approximate surface area is 203 Å². The zero-order chi connectivity index (χ0) is 24.6. The average molecular weight is 483 g/mol. The number of carbonyl (C=O) groups is 2. The molecule has 1 aliphatic carbocycles. The van der Waals surface area contributed by atoms with Crippen molar-refractivity contribution in [3.63, 3.8) is 0 Å². The Balaban J connectivity index is 2.80. The Hall–Kier alpha value is -1.57. The number of carbonyl (C=O) groups excluding carboxylic acids is 2. The molecule has 2 N–H and O–H groups in total. The molecular weight excluding hydrogens is 440 g/mol. The molecular formula is C26H42O6S. The number of hydrogen-bond donors (Lipinski definition) is 2. The van der Waals surface area contributed by atoms with E-state index in [1.807, 2.05) is 13.0 Å². The number of unbranched alkanes of at least 4 members (excludes halogenated alkanes) is 2. The van der Waals surface area contributed by atoms with E-state index in [-0.39, 0.29) is 24.3 Å². The van der Waals surface area contributed by atoms with Crippen LogP contribution in [0.3, 0.4) is 0 Å². The first-order valence-corrected chi connectivity index (χ1v) is 13.2. The third kappa shape index (κ3) is 11.9. The fraction of sp³-hybridized carbons (Fsp3) is 0.692. The molecule has 0 aliphatic heterocycles. The molecule has 0 aromatic carbocycles. The number of methoxy groups -OCH3 is 1. The molecule has 0 saturated heterocycles. The summed E-state index contributed by atoms with van der Waals surface area (Å²) in [6.07, 6.45) is 12.5. The lowest BCUT2D eigenvalue weighted by Crippen LogP contribution is -2.15. The van der Waals surface area contributed by atoms with Crippen molar-refractivity contribution in [3.05, 3.63) is 35.0 Å². The molecule has 0 fully saturated rings. The van der Waals surface area contributed by atoms with E-state index in [0.29, 0.717) is 30.9 Å². The number of allylic oxidation sites excluding steroid dienone is 1. The summed E-state index contributed by atoms with van der Waals surface area (Å²) in [5, 5.41) is 21.1. The van der Waals surface area contributed by atoms with Gasteiger partial charge in [-0.2, -0.15) is 0 Å². The van der Waals surface area contributed by atoms with Crippen LogP contribution in [-0.2, 0) is 19.1 Å². The third-order valence-corrected chi connectivity index (χ3v) is 6.84. The molecule has 7 heteroatoms. The summed E-state index contributed by atoms with van der Waals surface area (Å²) in [6.45, 7) is 6.24. The van der Waals surface area contributed by atoms with Gasteiger partial charge >= 0.3 is 11.9 Å². The first-order valence-electron chi connectivity index (χ1n) is 12.2. The second-order valence-electron chi connectivity index (χ2n) is 8.66. The molecule has 0 unspecified atom stereocenters. The lowest BCUT2D eigenvalue weighted by Gasteiger charge is -2.17. The van der Waals surface area contributed by atoms with Crippen LogP contribution in [0.2, 0.25) is 0 Å². The van der Waals surface area contributed by atoms with Crippen molar-refractivity contribution >= 4 is 23.7 Å². The maximum Gasteiger partial charge on any atom is 0.330 e. The SMILES string of the molecule is CCCC[C@@H](C)C[C@H](O)C=C[C@@H]1C(SCCCC=CC(=O)OC)=C(OC(=O)CCC)C[C@H]1O. The van der Waals surface area contributed by atoms with E-state index >= 15 is 0 Å². The molecule has 0 spiro atoms. The van der Waals surface area contributed by atoms with E-state index in [1.54, 1.807) is 23.9 Å². The van der Waals surface area contributed by atoms with Crippen molar-refractivity contribution in [1.82, 2.24) is 0 Å². The monoisotopic (exact) mass is 482 g/mol. The maximum absolute atomic E-state index is 12.1. The maximum atomic E-state index is 12.1. The van der Waals surface area contributed by atoms with Crippen LogP contribution in [0.15, 0.2) is 35.0 Å². The largest absolute Gasteiger partial charge is 0.466 e. The zero-order valence-electron chi connectivity index (χ0n) is 20.6. The summed E-state index contributed by atoms with van der Waals surface area (Å²) >= 11 is 1.56. The molecule has 0 amide bonds. The van der Waals surface area contributed by atoms with E-state index < -0.39 is 12.2 Å². The van der Waals surface area contributed by atoms with E-state index in [4.69, 9.17) is 4.74 Å². The normalized spacial score (nSPS) is 20.5. The minimum absolute atomic E-state index is 0.284. The summed E-state index contributed by atoms with van der Waals surface area (Å²) in [6, 6.07) is 0. The smallest absolute Gasteiger partial charge is 0.330 e. The number of rotatable bonds is 16. The third-order valence-electron chi connectivity index (χ3n) is 5.54. The number of hydrogen-bond acceptors (Lipinski definition) is 7. The summed E-state index contributed by atoms with van der Waals surface area (Å²) in [5.74, 6) is 0.771. The van der Waals surface area contributed by atoms with Crippen LogP contribution in [0, 0.1) is 11.8 Å². The Bertz CT molecular complexity index is 684. The van der Waals surface area contributed by atoms with Gasteiger partial charge in [0, 0.05) is 29.7 Å². The summed E-state index contributed by atoms with van der Waals surface area (Å²) in [5.41, 5.74) is 0. The molecule has 0 bridgehead atoms. The molecule has 0 radical (unpaired) electrons. The highest BCUT2D eigenvalue weighted by Crippen LogP contribution is 2.41. The minimum atomic E-state index is -0.683. The number of thioether (sulfide) groups is 1. The molecule has 33 heavy (non-hydrogen) atoms. The molecule has 188 valence electrons. The summed E-state index contributed by atoms with van der Waals surface area (Å²) < 4.78 is 10.2. The molecule has 1 rings (SSSR count). The van der Waals surface area contributed by atoms with Gasteiger partial charge in [0.15, 0.2) is 0 Å². The highest BCUT2D eigenvalue weighted by molar-refractivity contribution is 8.03. The fourth-order valence-corrected chi connectivity index (χ4v) is 4.94. The van der Waals surface area contributed by atoms with E-state index in [1.165, 1.54) is 13.2 Å². The zero-order valence-corrected chi connectivity index (χ0v) is 21.4. The van der Waals surface area contributed by atoms with Gasteiger partial charge in [-0.3, -0.25) is 4.79 Å². The first kappa shape index (κ1) is 29.5. The van der Waals surface area contributed by atoms with Crippen molar-refractivity contribution in [2.45, 2.75) is 90.8 Å². The number of esters is 2. The van der Waals surface area contributed by atoms with Gasteiger partial charge in [-0.1, -0.05) is 58.3 Å². The molecule has 0 aromatic rings. The Morgan fingerprint density at radius 2 is 2.00 bits per heavy atom. The van der Waals surface area contributed by atoms with Crippen molar-refractivity contribution in [2.24, 2.45) is 11.8 Å². The number of aliphatic hydroxyl groups is 2. The van der Waals surface area contributed by atoms with E-state index in [0.717, 1.165) is 42.8 Å². The minimum Gasteiger partial charge on any atom is -0.466 e. The van der Waals surface area contributed by atoms with Crippen LogP contribution in [0.4, 0.5) is 0 Å². The van der Waals surface area contributed by atoms with E-state index in [9.17, 15) is 19.8 Å². The van der Waals surface area contributed by atoms with Crippen LogP contribution >= 0.6 is 11.8 Å². The quantitative estimate of drug-likeness (QED) is 0.133. The standard InChI is InChI=1S/C26H42O6S/c1-5-7-12-19(3)17-20(27)14-15-21-22(28)18-23(32-25(30)11-6-2)26(21)33-16-10-8-9-13-24(29)31-4/h9,13-15,19-22,27-28H,5-8,10-12,16-18H2,1-4H3/t19-,20-,21+,22-/m1/s1. The van der Waals surface area contributed by atoms with Gasteiger partial charge in [0.05, 0.1) is 19.3 Å². The van der Waals surface area contributed by atoms with Gasteiger partial charge < -0.3 is 19.7 Å². The summed E-state index contributed by atoms with van der Waals surface area (Å²) in [4.78, 5) is 24.1. The molecule has 0 saturated carbocycles.